The lowest BCUT2D eigenvalue weighted by Crippen LogP contribution is -2.50. The second-order valence-electron chi connectivity index (χ2n) is 6.62. The van der Waals surface area contributed by atoms with Crippen molar-refractivity contribution in [3.63, 3.8) is 0 Å². The van der Waals surface area contributed by atoms with E-state index in [4.69, 9.17) is 4.74 Å². The van der Waals surface area contributed by atoms with E-state index in [0.29, 0.717) is 12.1 Å². The van der Waals surface area contributed by atoms with Gasteiger partial charge in [0.1, 0.15) is 12.4 Å². The van der Waals surface area contributed by atoms with Crippen LogP contribution in [-0.4, -0.2) is 41.4 Å². The van der Waals surface area contributed by atoms with E-state index in [0.717, 1.165) is 0 Å². The van der Waals surface area contributed by atoms with Gasteiger partial charge >= 0.3 is 5.97 Å². The first-order valence-electron chi connectivity index (χ1n) is 8.15. The molecule has 6 nitrogen and oxygen atoms in total. The highest BCUT2D eigenvalue weighted by molar-refractivity contribution is 5.95. The molecule has 1 rings (SSSR count). The van der Waals surface area contributed by atoms with Crippen LogP contribution in [0.25, 0.3) is 0 Å². The van der Waals surface area contributed by atoms with Crippen molar-refractivity contribution in [2.75, 3.05) is 18.5 Å². The number of rotatable bonds is 7. The maximum Gasteiger partial charge on any atom is 0.306 e. The lowest BCUT2D eigenvalue weighted by Gasteiger charge is -2.35. The van der Waals surface area contributed by atoms with Crippen molar-refractivity contribution in [3.05, 3.63) is 30.1 Å². The molecule has 25 heavy (non-hydrogen) atoms. The third kappa shape index (κ3) is 7.32. The van der Waals surface area contributed by atoms with Crippen LogP contribution < -0.4 is 5.32 Å². The molecule has 2 amide bonds. The third-order valence-electron chi connectivity index (χ3n) is 3.35. The van der Waals surface area contributed by atoms with Crippen LogP contribution in [0, 0.1) is 5.82 Å². The van der Waals surface area contributed by atoms with Gasteiger partial charge < -0.3 is 15.0 Å². The molecule has 0 atom stereocenters. The number of carbonyl (C=O) groups excluding carboxylic acids is 3. The van der Waals surface area contributed by atoms with Gasteiger partial charge in [-0.2, -0.15) is 0 Å². The molecule has 0 saturated carbocycles. The fourth-order valence-corrected chi connectivity index (χ4v) is 2.07. The molecular formula is C18H25FN2O4. The summed E-state index contributed by atoms with van der Waals surface area (Å²) in [6, 6.07) is 5.33. The molecule has 0 unspecified atom stereocenters. The maximum absolute atomic E-state index is 12.9. The van der Waals surface area contributed by atoms with E-state index in [9.17, 15) is 18.8 Å². The summed E-state index contributed by atoms with van der Waals surface area (Å²) in [7, 11) is 0. The zero-order valence-electron chi connectivity index (χ0n) is 15.1. The third-order valence-corrected chi connectivity index (χ3v) is 3.35. The first kappa shape index (κ1) is 20.6. The van der Waals surface area contributed by atoms with Gasteiger partial charge in [0.2, 0.25) is 5.91 Å². The number of amides is 2. The minimum absolute atomic E-state index is 0.203. The van der Waals surface area contributed by atoms with Crippen LogP contribution in [0.3, 0.4) is 0 Å². The second-order valence-corrected chi connectivity index (χ2v) is 6.62. The minimum Gasteiger partial charge on any atom is -0.456 e. The van der Waals surface area contributed by atoms with E-state index >= 15 is 0 Å². The number of esters is 1. The molecular weight excluding hydrogens is 327 g/mol. The van der Waals surface area contributed by atoms with Gasteiger partial charge in [-0.25, -0.2) is 4.39 Å². The number of hydrogen-bond acceptors (Lipinski definition) is 4. The number of benzene rings is 1. The summed E-state index contributed by atoms with van der Waals surface area (Å²) in [6.07, 6.45) is 0.879. The number of anilines is 1. The molecule has 7 heteroatoms. The molecule has 0 fully saturated rings. The molecule has 0 radical (unpaired) electrons. The van der Waals surface area contributed by atoms with Gasteiger partial charge in [-0.15, -0.1) is 0 Å². The van der Waals surface area contributed by atoms with Gasteiger partial charge in [0.25, 0.3) is 5.91 Å². The van der Waals surface area contributed by atoms with E-state index in [2.05, 4.69) is 5.32 Å². The molecule has 0 heterocycles. The molecule has 0 aromatic heterocycles. The Hall–Kier alpha value is -2.44. The average molecular weight is 352 g/mol. The minimum atomic E-state index is -0.631. The van der Waals surface area contributed by atoms with Crippen LogP contribution in [0.15, 0.2) is 24.3 Å². The van der Waals surface area contributed by atoms with Gasteiger partial charge in [0, 0.05) is 17.6 Å². The Balaban J connectivity index is 2.68. The van der Waals surface area contributed by atoms with Crippen LogP contribution in [0.2, 0.25) is 0 Å². The van der Waals surface area contributed by atoms with Crippen LogP contribution in [0.5, 0.6) is 0 Å². The Kier molecular flexibility index (Phi) is 7.54. The summed E-state index contributed by atoms with van der Waals surface area (Å²) in [5, 5.41) is 2.60. The lowest BCUT2D eigenvalue weighted by atomic mass is 10.1. The van der Waals surface area contributed by atoms with Crippen molar-refractivity contribution >= 4 is 23.5 Å². The second kappa shape index (κ2) is 9.15. The molecule has 1 aromatic rings. The molecule has 138 valence electrons. The smallest absolute Gasteiger partial charge is 0.306 e. The van der Waals surface area contributed by atoms with Crippen molar-refractivity contribution < 1.29 is 23.5 Å². The summed E-state index contributed by atoms with van der Waals surface area (Å²) in [4.78, 5) is 37.3. The highest BCUT2D eigenvalue weighted by Crippen LogP contribution is 2.15. The Morgan fingerprint density at radius 1 is 1.16 bits per heavy atom. The van der Waals surface area contributed by atoms with Gasteiger partial charge in [-0.05, 0) is 51.5 Å². The zero-order valence-corrected chi connectivity index (χ0v) is 15.1. The number of ether oxygens (including phenoxy) is 1. The normalized spacial score (nSPS) is 10.9. The van der Waals surface area contributed by atoms with Crippen molar-refractivity contribution in [2.24, 2.45) is 0 Å². The van der Waals surface area contributed by atoms with E-state index in [-0.39, 0.29) is 13.0 Å². The largest absolute Gasteiger partial charge is 0.456 e. The summed E-state index contributed by atoms with van der Waals surface area (Å²) >= 11 is 0. The average Bonchev–Trinajstić information content (AvgIpc) is 2.52. The number of halogens is 1. The van der Waals surface area contributed by atoms with Gasteiger partial charge in [-0.3, -0.25) is 14.4 Å². The van der Waals surface area contributed by atoms with Gasteiger partial charge in [0.15, 0.2) is 6.61 Å². The molecule has 0 spiro atoms. The predicted octanol–water partition coefficient (Wildman–Crippen LogP) is 2.73. The molecule has 0 bridgehead atoms. The van der Waals surface area contributed by atoms with Crippen molar-refractivity contribution in [2.45, 2.75) is 46.1 Å². The molecule has 0 saturated heterocycles. The van der Waals surface area contributed by atoms with Crippen LogP contribution in [0.4, 0.5) is 10.1 Å². The maximum atomic E-state index is 12.9. The molecule has 1 N–H and O–H groups in total. The summed E-state index contributed by atoms with van der Waals surface area (Å²) < 4.78 is 17.8. The zero-order chi connectivity index (χ0) is 19.0. The Morgan fingerprint density at radius 3 is 2.28 bits per heavy atom. The Morgan fingerprint density at radius 2 is 1.76 bits per heavy atom. The summed E-state index contributed by atoms with van der Waals surface area (Å²) in [5.41, 5.74) is -0.198. The van der Waals surface area contributed by atoms with Crippen molar-refractivity contribution in [3.8, 4) is 0 Å². The fourth-order valence-electron chi connectivity index (χ4n) is 2.07. The number of nitrogens with one attached hydrogen (secondary N) is 1. The number of carbonyl (C=O) groups is 3. The van der Waals surface area contributed by atoms with E-state index in [1.54, 1.807) is 20.8 Å². The molecule has 0 aliphatic heterocycles. The van der Waals surface area contributed by atoms with Gasteiger partial charge in [0.05, 0.1) is 0 Å². The lowest BCUT2D eigenvalue weighted by molar-refractivity contribution is -0.154. The fraction of sp³-hybridized carbons (Fsp3) is 0.500. The van der Waals surface area contributed by atoms with Crippen LogP contribution in [-0.2, 0) is 19.1 Å². The molecule has 0 aliphatic carbocycles. The standard InChI is InChI=1S/C18H25FN2O4/c1-5-6-17(24)25-12-16(23)21(18(2,3)4)11-15(22)20-14-9-7-13(19)8-10-14/h7-10H,5-6,11-12H2,1-4H3,(H,20,22). The van der Waals surface area contributed by atoms with E-state index in [1.807, 2.05) is 6.92 Å². The predicted molar refractivity (Wildman–Crippen MR) is 92.4 cm³/mol. The van der Waals surface area contributed by atoms with E-state index < -0.39 is 35.7 Å². The highest BCUT2D eigenvalue weighted by Gasteiger charge is 2.29. The molecule has 1 aromatic carbocycles. The van der Waals surface area contributed by atoms with Crippen LogP contribution >= 0.6 is 0 Å². The highest BCUT2D eigenvalue weighted by atomic mass is 19.1. The first-order valence-corrected chi connectivity index (χ1v) is 8.15. The van der Waals surface area contributed by atoms with Crippen LogP contribution in [0.1, 0.15) is 40.5 Å². The summed E-state index contributed by atoms with van der Waals surface area (Å²) in [5.74, 6) is -1.72. The summed E-state index contributed by atoms with van der Waals surface area (Å²) in [6.45, 7) is 6.58. The monoisotopic (exact) mass is 352 g/mol. The number of hydrogen-bond donors (Lipinski definition) is 1. The first-order chi connectivity index (χ1) is 11.6. The number of nitrogens with zero attached hydrogens (tertiary/aromatic N) is 1. The van der Waals surface area contributed by atoms with Gasteiger partial charge in [-0.1, -0.05) is 6.92 Å². The van der Waals surface area contributed by atoms with E-state index in [1.165, 1.54) is 29.2 Å². The quantitative estimate of drug-likeness (QED) is 0.766. The van der Waals surface area contributed by atoms with Crippen molar-refractivity contribution in [1.29, 1.82) is 0 Å². The molecule has 0 aliphatic rings. The Labute approximate surface area is 147 Å². The Bertz CT molecular complexity index is 608. The van der Waals surface area contributed by atoms with Crippen molar-refractivity contribution in [1.82, 2.24) is 4.90 Å². The SMILES string of the molecule is CCCC(=O)OCC(=O)N(CC(=O)Nc1ccc(F)cc1)C(C)(C)C. The topological polar surface area (TPSA) is 75.7 Å².